The van der Waals surface area contributed by atoms with E-state index in [1.54, 1.807) is 11.3 Å². The highest BCUT2D eigenvalue weighted by Gasteiger charge is 2.45. The van der Waals surface area contributed by atoms with Crippen molar-refractivity contribution in [3.8, 4) is 0 Å². The summed E-state index contributed by atoms with van der Waals surface area (Å²) in [5.74, 6) is 0.439. The van der Waals surface area contributed by atoms with Crippen LogP contribution < -0.4 is 5.32 Å². The molecule has 124 valence electrons. The van der Waals surface area contributed by atoms with Gasteiger partial charge >= 0.3 is 6.09 Å². The van der Waals surface area contributed by atoms with E-state index in [4.69, 9.17) is 4.74 Å². The molecular weight excluding hydrogens is 300 g/mol. The fourth-order valence-electron chi connectivity index (χ4n) is 2.70. The van der Waals surface area contributed by atoms with Gasteiger partial charge in [-0.25, -0.2) is 9.78 Å². The molecule has 1 atom stereocenters. The molecule has 1 saturated carbocycles. The molecule has 2 rings (SSSR count). The molecule has 1 aromatic rings. The number of hydrogen-bond donors (Lipinski definition) is 2. The van der Waals surface area contributed by atoms with Crippen molar-refractivity contribution in [2.45, 2.75) is 52.6 Å². The first kappa shape index (κ1) is 17.2. The van der Waals surface area contributed by atoms with Crippen molar-refractivity contribution in [1.29, 1.82) is 0 Å². The number of nitrogens with zero attached hydrogens (tertiary/aromatic N) is 1. The summed E-state index contributed by atoms with van der Waals surface area (Å²) in [6, 6.07) is 0. The van der Waals surface area contributed by atoms with Crippen molar-refractivity contribution in [3.05, 3.63) is 16.1 Å². The van der Waals surface area contributed by atoms with E-state index in [9.17, 15) is 9.90 Å². The Bertz CT molecular complexity index is 520. The summed E-state index contributed by atoms with van der Waals surface area (Å²) >= 11 is 1.62. The lowest BCUT2D eigenvalue weighted by atomic mass is 9.79. The number of carbonyl (C=O) groups excluding carboxylic acids is 1. The number of nitrogens with one attached hydrogen (secondary N) is 1. The topological polar surface area (TPSA) is 71.5 Å². The minimum absolute atomic E-state index is 0.0457. The zero-order valence-electron chi connectivity index (χ0n) is 13.8. The molecule has 1 aromatic heterocycles. The SMILES string of the molecule is Cc1nc(CC(CO)(CNC(=O)OC(C)(C)C)C2CC2)cs1. The van der Waals surface area contributed by atoms with E-state index < -0.39 is 11.7 Å². The largest absolute Gasteiger partial charge is 0.444 e. The quantitative estimate of drug-likeness (QED) is 0.843. The minimum Gasteiger partial charge on any atom is -0.444 e. The molecule has 0 radical (unpaired) electrons. The highest BCUT2D eigenvalue weighted by Crippen LogP contribution is 2.47. The maximum atomic E-state index is 11.9. The summed E-state index contributed by atoms with van der Waals surface area (Å²) < 4.78 is 5.29. The Morgan fingerprint density at radius 2 is 2.18 bits per heavy atom. The summed E-state index contributed by atoms with van der Waals surface area (Å²) in [7, 11) is 0. The van der Waals surface area contributed by atoms with E-state index >= 15 is 0 Å². The van der Waals surface area contributed by atoms with Gasteiger partial charge in [0, 0.05) is 23.8 Å². The number of hydrogen-bond acceptors (Lipinski definition) is 5. The van der Waals surface area contributed by atoms with E-state index in [1.165, 1.54) is 0 Å². The normalized spacial score (nSPS) is 17.9. The van der Waals surface area contributed by atoms with Crippen molar-refractivity contribution < 1.29 is 14.6 Å². The number of rotatable bonds is 6. The predicted octanol–water partition coefficient (Wildman–Crippen LogP) is 2.91. The first-order valence-corrected chi connectivity index (χ1v) is 8.61. The summed E-state index contributed by atoms with van der Waals surface area (Å²) in [5, 5.41) is 15.9. The van der Waals surface area contributed by atoms with E-state index in [2.05, 4.69) is 10.3 Å². The second-order valence-electron chi connectivity index (χ2n) is 7.18. The molecule has 22 heavy (non-hydrogen) atoms. The van der Waals surface area contributed by atoms with Gasteiger partial charge in [-0.15, -0.1) is 11.3 Å². The summed E-state index contributed by atoms with van der Waals surface area (Å²) in [6.45, 7) is 7.95. The lowest BCUT2D eigenvalue weighted by molar-refractivity contribution is 0.0438. The number of ether oxygens (including phenoxy) is 1. The maximum Gasteiger partial charge on any atom is 0.407 e. The molecule has 2 N–H and O–H groups in total. The Morgan fingerprint density at radius 3 is 2.64 bits per heavy atom. The molecule has 0 bridgehead atoms. The number of aromatic nitrogens is 1. The van der Waals surface area contributed by atoms with E-state index in [0.29, 0.717) is 18.9 Å². The van der Waals surface area contributed by atoms with Crippen molar-refractivity contribution in [2.24, 2.45) is 11.3 Å². The van der Waals surface area contributed by atoms with E-state index in [0.717, 1.165) is 23.5 Å². The predicted molar refractivity (Wildman–Crippen MR) is 87.0 cm³/mol. The molecule has 6 heteroatoms. The zero-order chi connectivity index (χ0) is 16.4. The van der Waals surface area contributed by atoms with Gasteiger partial charge in [-0.3, -0.25) is 0 Å². The molecule has 1 unspecified atom stereocenters. The van der Waals surface area contributed by atoms with Crippen molar-refractivity contribution in [1.82, 2.24) is 10.3 Å². The van der Waals surface area contributed by atoms with Crippen LogP contribution in [0.4, 0.5) is 4.79 Å². The summed E-state index contributed by atoms with van der Waals surface area (Å²) in [5.41, 5.74) is 0.143. The molecule has 0 aromatic carbocycles. The molecule has 1 aliphatic carbocycles. The standard InChI is InChI=1S/C16H26N2O3S/c1-11-18-13(8-22-11)7-16(10-19,12-5-6-12)9-17-14(20)21-15(2,3)4/h8,12,19H,5-7,9-10H2,1-4H3,(H,17,20). The van der Waals surface area contributed by atoms with Crippen molar-refractivity contribution in [2.75, 3.05) is 13.2 Å². The molecule has 1 amide bonds. The van der Waals surface area contributed by atoms with Crippen molar-refractivity contribution in [3.63, 3.8) is 0 Å². The molecule has 1 fully saturated rings. The first-order valence-electron chi connectivity index (χ1n) is 7.73. The van der Waals surface area contributed by atoms with E-state index in [-0.39, 0.29) is 12.0 Å². The van der Waals surface area contributed by atoms with Crippen LogP contribution in [-0.4, -0.2) is 34.9 Å². The Kier molecular flexibility index (Phi) is 5.12. The minimum atomic E-state index is -0.516. The average Bonchev–Trinajstić information content (AvgIpc) is 3.17. The number of amides is 1. The van der Waals surface area contributed by atoms with Crippen molar-refractivity contribution >= 4 is 17.4 Å². The Labute approximate surface area is 136 Å². The number of aryl methyl sites for hydroxylation is 1. The first-order chi connectivity index (χ1) is 10.2. The lowest BCUT2D eigenvalue weighted by Crippen LogP contribution is -2.44. The van der Waals surface area contributed by atoms with Crippen LogP contribution in [0.1, 0.15) is 44.3 Å². The molecule has 0 aliphatic heterocycles. The molecule has 0 spiro atoms. The fourth-order valence-corrected chi connectivity index (χ4v) is 3.31. The second kappa shape index (κ2) is 6.54. The number of aliphatic hydroxyl groups is 1. The average molecular weight is 326 g/mol. The summed E-state index contributed by atoms with van der Waals surface area (Å²) in [6.07, 6.45) is 2.45. The smallest absolute Gasteiger partial charge is 0.407 e. The third kappa shape index (κ3) is 4.68. The fraction of sp³-hybridized carbons (Fsp3) is 0.750. The highest BCUT2D eigenvalue weighted by molar-refractivity contribution is 7.09. The van der Waals surface area contributed by atoms with Crippen LogP contribution in [0.3, 0.4) is 0 Å². The third-order valence-corrected chi connectivity index (χ3v) is 4.76. The highest BCUT2D eigenvalue weighted by atomic mass is 32.1. The summed E-state index contributed by atoms with van der Waals surface area (Å²) in [4.78, 5) is 16.4. The maximum absolute atomic E-state index is 11.9. The van der Waals surface area contributed by atoms with Crippen LogP contribution in [0.2, 0.25) is 0 Å². The molecule has 1 heterocycles. The van der Waals surface area contributed by atoms with Gasteiger partial charge in [0.2, 0.25) is 0 Å². The Balaban J connectivity index is 2.01. The van der Waals surface area contributed by atoms with E-state index in [1.807, 2.05) is 33.1 Å². The Morgan fingerprint density at radius 1 is 1.50 bits per heavy atom. The number of aliphatic hydroxyl groups excluding tert-OH is 1. The Hall–Kier alpha value is -1.14. The van der Waals surface area contributed by atoms with Gasteiger partial charge < -0.3 is 15.2 Å². The number of alkyl carbamates (subject to hydrolysis) is 1. The van der Waals surface area contributed by atoms with Gasteiger partial charge in [-0.05, 0) is 46.5 Å². The molecule has 5 nitrogen and oxygen atoms in total. The molecular formula is C16H26N2O3S. The van der Waals surface area contributed by atoms with Crippen LogP contribution in [0, 0.1) is 18.3 Å². The van der Waals surface area contributed by atoms with Gasteiger partial charge in [0.05, 0.1) is 17.3 Å². The van der Waals surface area contributed by atoms with Crippen LogP contribution in [0.25, 0.3) is 0 Å². The number of carbonyl (C=O) groups is 1. The van der Waals surface area contributed by atoms with Crippen LogP contribution >= 0.6 is 11.3 Å². The van der Waals surface area contributed by atoms with Crippen LogP contribution in [0.5, 0.6) is 0 Å². The van der Waals surface area contributed by atoms with Gasteiger partial charge in [0.1, 0.15) is 5.60 Å². The zero-order valence-corrected chi connectivity index (χ0v) is 14.6. The van der Waals surface area contributed by atoms with Gasteiger partial charge in [-0.2, -0.15) is 0 Å². The number of thiazole rings is 1. The second-order valence-corrected chi connectivity index (χ2v) is 8.25. The van der Waals surface area contributed by atoms with Gasteiger partial charge in [0.15, 0.2) is 0 Å². The van der Waals surface area contributed by atoms with Crippen LogP contribution in [0.15, 0.2) is 5.38 Å². The van der Waals surface area contributed by atoms with Crippen LogP contribution in [-0.2, 0) is 11.2 Å². The third-order valence-electron chi connectivity index (χ3n) is 3.94. The monoisotopic (exact) mass is 326 g/mol. The van der Waals surface area contributed by atoms with Gasteiger partial charge in [-0.1, -0.05) is 0 Å². The van der Waals surface area contributed by atoms with Gasteiger partial charge in [0.25, 0.3) is 0 Å². The lowest BCUT2D eigenvalue weighted by Gasteiger charge is -2.32. The molecule has 0 saturated heterocycles. The molecule has 1 aliphatic rings.